The molecular formula is C12H19IN6S. The van der Waals surface area contributed by atoms with E-state index in [2.05, 4.69) is 42.5 Å². The van der Waals surface area contributed by atoms with Gasteiger partial charge in [0.05, 0.1) is 13.1 Å². The maximum atomic E-state index is 4.53. The number of aromatic nitrogens is 3. The molecule has 0 spiro atoms. The van der Waals surface area contributed by atoms with Crippen molar-refractivity contribution in [2.45, 2.75) is 20.0 Å². The van der Waals surface area contributed by atoms with Crippen molar-refractivity contribution in [2.75, 3.05) is 6.54 Å². The van der Waals surface area contributed by atoms with Gasteiger partial charge in [0.1, 0.15) is 12.2 Å². The van der Waals surface area contributed by atoms with Gasteiger partial charge in [-0.1, -0.05) is 0 Å². The van der Waals surface area contributed by atoms with Crippen molar-refractivity contribution in [2.24, 2.45) is 12.0 Å². The van der Waals surface area contributed by atoms with Gasteiger partial charge in [-0.05, 0) is 29.3 Å². The molecule has 20 heavy (non-hydrogen) atoms. The summed E-state index contributed by atoms with van der Waals surface area (Å²) in [5.74, 6) is 1.66. The average Bonchev–Trinajstić information content (AvgIpc) is 3.04. The van der Waals surface area contributed by atoms with E-state index < -0.39 is 0 Å². The number of hydrogen-bond acceptors (Lipinski definition) is 4. The van der Waals surface area contributed by atoms with Crippen LogP contribution in [0.5, 0.6) is 0 Å². The second-order valence-electron chi connectivity index (χ2n) is 3.98. The summed E-state index contributed by atoms with van der Waals surface area (Å²) in [7, 11) is 1.87. The number of thiophene rings is 1. The first-order valence-electron chi connectivity index (χ1n) is 6.15. The topological polar surface area (TPSA) is 67.1 Å². The van der Waals surface area contributed by atoms with E-state index in [0.717, 1.165) is 18.3 Å². The van der Waals surface area contributed by atoms with Gasteiger partial charge in [0, 0.05) is 13.6 Å². The van der Waals surface area contributed by atoms with E-state index in [-0.39, 0.29) is 24.0 Å². The van der Waals surface area contributed by atoms with Gasteiger partial charge in [-0.2, -0.15) is 16.4 Å². The van der Waals surface area contributed by atoms with Crippen molar-refractivity contribution in [1.29, 1.82) is 0 Å². The number of nitrogens with one attached hydrogen (secondary N) is 2. The van der Waals surface area contributed by atoms with Crippen LogP contribution in [0.15, 0.2) is 28.1 Å². The standard InChI is InChI=1S/C12H18N6S.HI/c1-3-13-12(14-6-10-4-5-19-8-10)15-7-11-16-9-17-18(11)2;/h4-5,8-9H,3,6-7H2,1-2H3,(H2,13,14,15);1H. The van der Waals surface area contributed by atoms with E-state index in [1.165, 1.54) is 5.56 Å². The Kier molecular flexibility index (Phi) is 7.52. The molecule has 0 amide bonds. The molecular weight excluding hydrogens is 387 g/mol. The second kappa shape index (κ2) is 8.90. The lowest BCUT2D eigenvalue weighted by atomic mass is 10.3. The van der Waals surface area contributed by atoms with Crippen LogP contribution in [-0.4, -0.2) is 27.3 Å². The van der Waals surface area contributed by atoms with Crippen molar-refractivity contribution in [3.05, 3.63) is 34.5 Å². The lowest BCUT2D eigenvalue weighted by Crippen LogP contribution is -2.37. The lowest BCUT2D eigenvalue weighted by Gasteiger charge is -2.10. The average molecular weight is 406 g/mol. The zero-order valence-electron chi connectivity index (χ0n) is 11.5. The summed E-state index contributed by atoms with van der Waals surface area (Å²) in [6, 6.07) is 2.08. The molecule has 0 fully saturated rings. The lowest BCUT2D eigenvalue weighted by molar-refractivity contribution is 0.673. The van der Waals surface area contributed by atoms with Crippen LogP contribution in [0.25, 0.3) is 0 Å². The van der Waals surface area contributed by atoms with E-state index in [9.17, 15) is 0 Å². The van der Waals surface area contributed by atoms with Gasteiger partial charge in [0.25, 0.3) is 0 Å². The van der Waals surface area contributed by atoms with E-state index in [0.29, 0.717) is 13.1 Å². The molecule has 0 atom stereocenters. The third-order valence-corrected chi connectivity index (χ3v) is 3.30. The van der Waals surface area contributed by atoms with Gasteiger partial charge in [-0.25, -0.2) is 9.98 Å². The van der Waals surface area contributed by atoms with Crippen LogP contribution in [0.3, 0.4) is 0 Å². The van der Waals surface area contributed by atoms with Crippen LogP contribution >= 0.6 is 35.3 Å². The third kappa shape index (κ3) is 5.08. The monoisotopic (exact) mass is 406 g/mol. The molecule has 6 nitrogen and oxygen atoms in total. The Labute approximate surface area is 139 Å². The molecule has 110 valence electrons. The minimum absolute atomic E-state index is 0. The Balaban J connectivity index is 0.00000200. The minimum atomic E-state index is 0. The molecule has 2 rings (SSSR count). The van der Waals surface area contributed by atoms with E-state index >= 15 is 0 Å². The highest BCUT2D eigenvalue weighted by Gasteiger charge is 2.02. The van der Waals surface area contributed by atoms with E-state index in [4.69, 9.17) is 0 Å². The molecule has 0 aliphatic carbocycles. The fourth-order valence-electron chi connectivity index (χ4n) is 1.54. The molecule has 0 aliphatic rings. The first-order chi connectivity index (χ1) is 9.29. The molecule has 2 aromatic rings. The van der Waals surface area contributed by atoms with Crippen LogP contribution in [0.1, 0.15) is 18.3 Å². The van der Waals surface area contributed by atoms with Gasteiger partial charge in [-0.3, -0.25) is 4.68 Å². The number of aliphatic imine (C=N–C) groups is 1. The predicted octanol–water partition coefficient (Wildman–Crippen LogP) is 1.75. The Morgan fingerprint density at radius 3 is 2.90 bits per heavy atom. The molecule has 2 heterocycles. The highest BCUT2D eigenvalue weighted by atomic mass is 127. The van der Waals surface area contributed by atoms with Gasteiger partial charge >= 0.3 is 0 Å². The fourth-order valence-corrected chi connectivity index (χ4v) is 2.20. The summed E-state index contributed by atoms with van der Waals surface area (Å²) in [4.78, 5) is 8.69. The summed E-state index contributed by atoms with van der Waals surface area (Å²) in [5.41, 5.74) is 1.22. The molecule has 2 N–H and O–H groups in total. The number of rotatable bonds is 5. The third-order valence-electron chi connectivity index (χ3n) is 2.56. The summed E-state index contributed by atoms with van der Waals surface area (Å²) in [5, 5.41) is 14.7. The van der Waals surface area contributed by atoms with Gasteiger partial charge < -0.3 is 10.6 Å². The molecule has 0 saturated carbocycles. The van der Waals surface area contributed by atoms with Gasteiger partial charge in [-0.15, -0.1) is 24.0 Å². The SMILES string of the molecule is CCNC(=NCc1ccsc1)NCc1ncnn1C.I. The summed E-state index contributed by atoms with van der Waals surface area (Å²) >= 11 is 1.69. The summed E-state index contributed by atoms with van der Waals surface area (Å²) in [6.07, 6.45) is 1.55. The zero-order chi connectivity index (χ0) is 13.5. The highest BCUT2D eigenvalue weighted by molar-refractivity contribution is 14.0. The van der Waals surface area contributed by atoms with Crippen LogP contribution in [0.4, 0.5) is 0 Å². The normalized spacial score (nSPS) is 11.0. The maximum absolute atomic E-state index is 4.53. The number of halogens is 1. The zero-order valence-corrected chi connectivity index (χ0v) is 14.7. The van der Waals surface area contributed by atoms with Crippen molar-refractivity contribution < 1.29 is 0 Å². The van der Waals surface area contributed by atoms with Crippen LogP contribution in [-0.2, 0) is 20.1 Å². The largest absolute Gasteiger partial charge is 0.357 e. The van der Waals surface area contributed by atoms with E-state index in [1.807, 2.05) is 14.0 Å². The summed E-state index contributed by atoms with van der Waals surface area (Å²) < 4.78 is 1.75. The van der Waals surface area contributed by atoms with E-state index in [1.54, 1.807) is 22.3 Å². The minimum Gasteiger partial charge on any atom is -0.357 e. The van der Waals surface area contributed by atoms with Crippen molar-refractivity contribution in [3.63, 3.8) is 0 Å². The van der Waals surface area contributed by atoms with Crippen LogP contribution < -0.4 is 10.6 Å². The Hall–Kier alpha value is -1.16. The Bertz CT molecular complexity index is 522. The van der Waals surface area contributed by atoms with Gasteiger partial charge in [0.2, 0.25) is 0 Å². The molecule has 8 heteroatoms. The first kappa shape index (κ1) is 16.9. The number of nitrogens with zero attached hydrogens (tertiary/aromatic N) is 4. The maximum Gasteiger partial charge on any atom is 0.191 e. The van der Waals surface area contributed by atoms with Crippen molar-refractivity contribution in [1.82, 2.24) is 25.4 Å². The molecule has 0 bridgehead atoms. The molecule has 0 saturated heterocycles. The predicted molar refractivity (Wildman–Crippen MR) is 92.4 cm³/mol. The Morgan fingerprint density at radius 2 is 2.30 bits per heavy atom. The fraction of sp³-hybridized carbons (Fsp3) is 0.417. The first-order valence-corrected chi connectivity index (χ1v) is 7.10. The van der Waals surface area contributed by atoms with Gasteiger partial charge in [0.15, 0.2) is 5.96 Å². The van der Waals surface area contributed by atoms with Crippen LogP contribution in [0.2, 0.25) is 0 Å². The molecule has 0 aliphatic heterocycles. The molecule has 2 aromatic heterocycles. The van der Waals surface area contributed by atoms with Crippen molar-refractivity contribution >= 4 is 41.3 Å². The molecule has 0 radical (unpaired) electrons. The number of aryl methyl sites for hydroxylation is 1. The number of guanidine groups is 1. The summed E-state index contributed by atoms with van der Waals surface area (Å²) in [6.45, 7) is 4.15. The molecule has 0 aromatic carbocycles. The molecule has 0 unspecified atom stereocenters. The smallest absolute Gasteiger partial charge is 0.191 e. The Morgan fingerprint density at radius 1 is 1.45 bits per heavy atom. The highest BCUT2D eigenvalue weighted by Crippen LogP contribution is 2.06. The van der Waals surface area contributed by atoms with Crippen molar-refractivity contribution in [3.8, 4) is 0 Å². The number of hydrogen-bond donors (Lipinski definition) is 2. The second-order valence-corrected chi connectivity index (χ2v) is 4.76. The van der Waals surface area contributed by atoms with Crippen LogP contribution in [0, 0.1) is 0 Å². The quantitative estimate of drug-likeness (QED) is 0.451.